The van der Waals surface area contributed by atoms with Crippen LogP contribution in [0.3, 0.4) is 0 Å². The van der Waals surface area contributed by atoms with Crippen LogP contribution in [0.5, 0.6) is 0 Å². The molecular weight excluding hydrogens is 144 g/mol. The Morgan fingerprint density at radius 3 is 3.00 bits per heavy atom. The first-order chi connectivity index (χ1) is 5.36. The first-order valence-corrected chi connectivity index (χ1v) is 3.10. The van der Waals surface area contributed by atoms with E-state index in [0.717, 1.165) is 5.69 Å². The van der Waals surface area contributed by atoms with E-state index in [-0.39, 0.29) is 0 Å². The molecule has 2 heterocycles. The molecule has 0 fully saturated rings. The molecule has 0 bridgehead atoms. The maximum Gasteiger partial charge on any atom is 0.222 e. The summed E-state index contributed by atoms with van der Waals surface area (Å²) in [6, 6.07) is 1.79. The van der Waals surface area contributed by atoms with Gasteiger partial charge in [0.15, 0.2) is 0 Å². The van der Waals surface area contributed by atoms with Crippen LogP contribution in [-0.2, 0) is 7.05 Å². The monoisotopic (exact) mass is 150 g/mol. The molecule has 6 heteroatoms. The lowest BCUT2D eigenvalue weighted by Crippen LogP contribution is -1.91. The number of aromatic amines is 1. The van der Waals surface area contributed by atoms with Crippen molar-refractivity contribution in [2.75, 3.05) is 0 Å². The van der Waals surface area contributed by atoms with Crippen molar-refractivity contribution in [1.82, 2.24) is 30.4 Å². The number of tetrazole rings is 1. The highest BCUT2D eigenvalue weighted by Gasteiger charge is 2.03. The van der Waals surface area contributed by atoms with E-state index in [2.05, 4.69) is 25.6 Å². The number of nitrogens with one attached hydrogen (secondary N) is 1. The second-order valence-corrected chi connectivity index (χ2v) is 2.07. The molecular formula is C5H6N6. The lowest BCUT2D eigenvalue weighted by Gasteiger charge is -1.82. The summed E-state index contributed by atoms with van der Waals surface area (Å²) in [4.78, 5) is 1.40. The van der Waals surface area contributed by atoms with E-state index in [0.29, 0.717) is 5.82 Å². The van der Waals surface area contributed by atoms with Gasteiger partial charge >= 0.3 is 0 Å². The molecule has 0 amide bonds. The highest BCUT2D eigenvalue weighted by molar-refractivity contribution is 5.45. The standard InChI is InChI=1S/C5H6N6/c1-11-9-5(8-10-11)4-2-3-6-7-4/h2-3H,1H3,(H,6,7). The van der Waals surface area contributed by atoms with E-state index in [4.69, 9.17) is 0 Å². The summed E-state index contributed by atoms with van der Waals surface area (Å²) in [7, 11) is 1.72. The number of hydrogen-bond acceptors (Lipinski definition) is 4. The third-order valence-electron chi connectivity index (χ3n) is 1.25. The van der Waals surface area contributed by atoms with Gasteiger partial charge in [-0.2, -0.15) is 9.90 Å². The van der Waals surface area contributed by atoms with Gasteiger partial charge in [-0.1, -0.05) is 0 Å². The third-order valence-corrected chi connectivity index (χ3v) is 1.25. The van der Waals surface area contributed by atoms with Crippen LogP contribution in [0.2, 0.25) is 0 Å². The average Bonchev–Trinajstić information content (AvgIpc) is 2.55. The Morgan fingerprint density at radius 2 is 2.45 bits per heavy atom. The van der Waals surface area contributed by atoms with Crippen LogP contribution in [0.4, 0.5) is 0 Å². The summed E-state index contributed by atoms with van der Waals surface area (Å²) in [6.45, 7) is 0. The molecule has 2 rings (SSSR count). The second-order valence-electron chi connectivity index (χ2n) is 2.07. The zero-order valence-corrected chi connectivity index (χ0v) is 5.89. The van der Waals surface area contributed by atoms with Crippen molar-refractivity contribution in [3.63, 3.8) is 0 Å². The van der Waals surface area contributed by atoms with Crippen LogP contribution in [-0.4, -0.2) is 30.4 Å². The van der Waals surface area contributed by atoms with E-state index in [9.17, 15) is 0 Å². The molecule has 11 heavy (non-hydrogen) atoms. The summed E-state index contributed by atoms with van der Waals surface area (Å²) < 4.78 is 0. The van der Waals surface area contributed by atoms with E-state index < -0.39 is 0 Å². The van der Waals surface area contributed by atoms with Crippen LogP contribution in [0, 0.1) is 0 Å². The number of rotatable bonds is 1. The van der Waals surface area contributed by atoms with Crippen molar-refractivity contribution < 1.29 is 0 Å². The zero-order chi connectivity index (χ0) is 7.68. The van der Waals surface area contributed by atoms with E-state index >= 15 is 0 Å². The van der Waals surface area contributed by atoms with Crippen LogP contribution < -0.4 is 0 Å². The van der Waals surface area contributed by atoms with Gasteiger partial charge in [-0.3, -0.25) is 5.10 Å². The molecule has 0 aliphatic heterocycles. The van der Waals surface area contributed by atoms with Crippen LogP contribution in [0.25, 0.3) is 11.5 Å². The smallest absolute Gasteiger partial charge is 0.222 e. The number of aromatic nitrogens is 6. The van der Waals surface area contributed by atoms with E-state index in [1.807, 2.05) is 0 Å². The molecule has 0 aromatic carbocycles. The molecule has 2 aromatic rings. The molecule has 0 aliphatic rings. The molecule has 0 atom stereocenters. The summed E-state index contributed by atoms with van der Waals surface area (Å²) >= 11 is 0. The molecule has 0 saturated heterocycles. The Balaban J connectivity index is 2.45. The van der Waals surface area contributed by atoms with Gasteiger partial charge in [0.05, 0.1) is 7.05 Å². The van der Waals surface area contributed by atoms with Gasteiger partial charge in [0.1, 0.15) is 5.69 Å². The molecule has 0 saturated carbocycles. The summed E-state index contributed by atoms with van der Waals surface area (Å²) in [5.41, 5.74) is 0.776. The lowest BCUT2D eigenvalue weighted by molar-refractivity contribution is 0.630. The second kappa shape index (κ2) is 2.15. The largest absolute Gasteiger partial charge is 0.274 e. The zero-order valence-electron chi connectivity index (χ0n) is 5.89. The molecule has 0 radical (unpaired) electrons. The SMILES string of the molecule is Cn1nnc(-c2ccn[nH]2)n1. The van der Waals surface area contributed by atoms with Crippen LogP contribution >= 0.6 is 0 Å². The van der Waals surface area contributed by atoms with E-state index in [1.165, 1.54) is 4.80 Å². The molecule has 0 unspecified atom stereocenters. The van der Waals surface area contributed by atoms with Crippen molar-refractivity contribution in [2.24, 2.45) is 7.05 Å². The van der Waals surface area contributed by atoms with Crippen LogP contribution in [0.15, 0.2) is 12.3 Å². The summed E-state index contributed by atoms with van der Waals surface area (Å²) in [6.07, 6.45) is 1.64. The fourth-order valence-electron chi connectivity index (χ4n) is 0.772. The van der Waals surface area contributed by atoms with Gasteiger partial charge in [-0.25, -0.2) is 0 Å². The van der Waals surface area contributed by atoms with Crippen LogP contribution in [0.1, 0.15) is 0 Å². The molecule has 6 nitrogen and oxygen atoms in total. The van der Waals surface area contributed by atoms with Gasteiger partial charge in [0.25, 0.3) is 0 Å². The maximum atomic E-state index is 3.98. The fraction of sp³-hybridized carbons (Fsp3) is 0.200. The topological polar surface area (TPSA) is 72.3 Å². The molecule has 56 valence electrons. The van der Waals surface area contributed by atoms with Gasteiger partial charge in [-0.15, -0.1) is 10.2 Å². The molecule has 1 N–H and O–H groups in total. The van der Waals surface area contributed by atoms with Gasteiger partial charge in [-0.05, 0) is 11.3 Å². The normalized spacial score (nSPS) is 10.3. The molecule has 0 aliphatic carbocycles. The van der Waals surface area contributed by atoms with Gasteiger partial charge in [0, 0.05) is 6.20 Å². The van der Waals surface area contributed by atoms with Gasteiger partial charge < -0.3 is 0 Å². The van der Waals surface area contributed by atoms with E-state index in [1.54, 1.807) is 19.3 Å². The Bertz CT molecular complexity index is 333. The average molecular weight is 150 g/mol. The van der Waals surface area contributed by atoms with Crippen molar-refractivity contribution in [2.45, 2.75) is 0 Å². The highest BCUT2D eigenvalue weighted by Crippen LogP contribution is 2.06. The third kappa shape index (κ3) is 0.977. The first kappa shape index (κ1) is 6.02. The minimum atomic E-state index is 0.560. The fourth-order valence-corrected chi connectivity index (χ4v) is 0.772. The molecule has 2 aromatic heterocycles. The van der Waals surface area contributed by atoms with Crippen molar-refractivity contribution in [1.29, 1.82) is 0 Å². The lowest BCUT2D eigenvalue weighted by atomic mass is 10.4. The minimum Gasteiger partial charge on any atom is -0.274 e. The quantitative estimate of drug-likeness (QED) is 0.600. The number of aryl methyl sites for hydroxylation is 1. The van der Waals surface area contributed by atoms with Crippen molar-refractivity contribution >= 4 is 0 Å². The van der Waals surface area contributed by atoms with Crippen molar-refractivity contribution in [3.05, 3.63) is 12.3 Å². The Morgan fingerprint density at radius 1 is 1.55 bits per heavy atom. The number of H-pyrrole nitrogens is 1. The summed E-state index contributed by atoms with van der Waals surface area (Å²) in [5.74, 6) is 0.560. The highest BCUT2D eigenvalue weighted by atomic mass is 15.6. The predicted molar refractivity (Wildman–Crippen MR) is 36.4 cm³/mol. The van der Waals surface area contributed by atoms with Crippen molar-refractivity contribution in [3.8, 4) is 11.5 Å². The number of hydrogen-bond donors (Lipinski definition) is 1. The Labute approximate surface area is 62.2 Å². The first-order valence-electron chi connectivity index (χ1n) is 3.10. The minimum absolute atomic E-state index is 0.560. The molecule has 0 spiro atoms. The van der Waals surface area contributed by atoms with Gasteiger partial charge in [0.2, 0.25) is 5.82 Å². The Hall–Kier alpha value is -1.72. The maximum absolute atomic E-state index is 3.98. The predicted octanol–water partition coefficient (Wildman–Crippen LogP) is -0.400. The Kier molecular flexibility index (Phi) is 1.18. The number of nitrogens with zero attached hydrogens (tertiary/aromatic N) is 5. The summed E-state index contributed by atoms with van der Waals surface area (Å²) in [5, 5.41) is 17.9.